The summed E-state index contributed by atoms with van der Waals surface area (Å²) in [6, 6.07) is 0. The number of hydrogen-bond acceptors (Lipinski definition) is 1. The molecule has 1 nitrogen and oxygen atoms in total. The van der Waals surface area contributed by atoms with Crippen molar-refractivity contribution in [2.75, 3.05) is 0 Å². The van der Waals surface area contributed by atoms with Gasteiger partial charge in [0.1, 0.15) is 14.1 Å². The van der Waals surface area contributed by atoms with Crippen LogP contribution < -0.4 is 0 Å². The Bertz CT molecular complexity index is 48.9. The lowest BCUT2D eigenvalue weighted by Gasteiger charge is -1.50. The number of rotatable bonds is 1. The third kappa shape index (κ3) is 3.47. The van der Waals surface area contributed by atoms with Gasteiger partial charge in [-0.05, 0) is 6.08 Å². The second-order valence-corrected chi connectivity index (χ2v) is 0.662. The van der Waals surface area contributed by atoms with Gasteiger partial charge in [-0.25, -0.2) is 0 Å². The van der Waals surface area contributed by atoms with Gasteiger partial charge in [-0.15, -0.1) is 5.98 Å². The molecule has 0 fully saturated rings. The van der Waals surface area contributed by atoms with Crippen LogP contribution in [0.5, 0.6) is 0 Å². The summed E-state index contributed by atoms with van der Waals surface area (Å²) in [5.74, 6) is 1.69. The molecular weight excluding hydrogens is 62.8 g/mol. The molecule has 0 unspecified atom stereocenters. The number of hydrogen-bond donors (Lipinski definition) is 0. The summed E-state index contributed by atoms with van der Waals surface area (Å²) in [7, 11) is 1.80. The molecule has 0 aromatic rings. The summed E-state index contributed by atoms with van der Waals surface area (Å²) in [5.41, 5.74) is 0. The second kappa shape index (κ2) is 3.47. The van der Waals surface area contributed by atoms with Gasteiger partial charge in [0, 0.05) is 0 Å². The van der Waals surface area contributed by atoms with Crippen LogP contribution in [-0.2, 0) is 4.79 Å². The summed E-state index contributed by atoms with van der Waals surface area (Å²) in [6.45, 7) is 0. The van der Waals surface area contributed by atoms with Gasteiger partial charge < -0.3 is 0 Å². The monoisotopic (exact) mass is 68.0 g/mol. The van der Waals surface area contributed by atoms with Crippen LogP contribution in [0.2, 0.25) is 0 Å². The summed E-state index contributed by atoms with van der Waals surface area (Å²) in [5, 5.41) is 0. The minimum atomic E-state index is 0.750. The lowest BCUT2D eigenvalue weighted by atomic mass is 10.1. The molecule has 0 heterocycles. The number of aldehydes is 1. The molecule has 26 valence electrons. The second-order valence-electron chi connectivity index (χ2n) is 0.662. The van der Waals surface area contributed by atoms with Crippen LogP contribution in [0.25, 0.3) is 0 Å². The maximum absolute atomic E-state index is 9.32. The van der Waals surface area contributed by atoms with Gasteiger partial charge in [0.2, 0.25) is 0 Å². The highest BCUT2D eigenvalue weighted by Gasteiger charge is 1.49. The molecular formula is C3H5BO. The number of carbonyl (C=O) groups is 1. The molecule has 0 aromatic heterocycles. The van der Waals surface area contributed by atoms with E-state index in [0.717, 1.165) is 6.29 Å². The minimum absolute atomic E-state index is 0.750. The molecule has 2 heteroatoms. The topological polar surface area (TPSA) is 17.1 Å². The van der Waals surface area contributed by atoms with Gasteiger partial charge in [-0.3, -0.25) is 4.79 Å². The molecule has 0 bridgehead atoms. The van der Waals surface area contributed by atoms with E-state index in [-0.39, 0.29) is 0 Å². The Morgan fingerprint density at radius 3 is 2.20 bits per heavy atom. The Hall–Kier alpha value is -0.525. The van der Waals surface area contributed by atoms with Crippen molar-refractivity contribution in [3.8, 4) is 0 Å². The van der Waals surface area contributed by atoms with Crippen LogP contribution in [0.4, 0.5) is 0 Å². The van der Waals surface area contributed by atoms with E-state index < -0.39 is 0 Å². The molecule has 0 radical (unpaired) electrons. The zero-order valence-electron chi connectivity index (χ0n) is 3.14. The first-order valence-electron chi connectivity index (χ1n) is 1.48. The molecule has 5 heavy (non-hydrogen) atoms. The Morgan fingerprint density at radius 1 is 1.60 bits per heavy atom. The zero-order chi connectivity index (χ0) is 4.12. The van der Waals surface area contributed by atoms with Crippen molar-refractivity contribution in [3.05, 3.63) is 12.1 Å². The molecule has 0 rings (SSSR count). The van der Waals surface area contributed by atoms with Gasteiger partial charge in [-0.2, -0.15) is 0 Å². The van der Waals surface area contributed by atoms with Crippen LogP contribution in [0.1, 0.15) is 0 Å². The number of allylic oxidation sites excluding steroid dienone is 1. The summed E-state index contributed by atoms with van der Waals surface area (Å²) < 4.78 is 0. The quantitative estimate of drug-likeness (QED) is 0.226. The predicted molar refractivity (Wildman–Crippen MR) is 23.7 cm³/mol. The van der Waals surface area contributed by atoms with Gasteiger partial charge >= 0.3 is 0 Å². The maximum atomic E-state index is 9.32. The van der Waals surface area contributed by atoms with E-state index in [2.05, 4.69) is 0 Å². The lowest BCUT2D eigenvalue weighted by molar-refractivity contribution is -0.104. The first-order chi connectivity index (χ1) is 2.41. The fraction of sp³-hybridized carbons (Fsp3) is 0. The highest BCUT2D eigenvalue weighted by atomic mass is 16.1. The molecule has 0 atom stereocenters. The van der Waals surface area contributed by atoms with E-state index in [0.29, 0.717) is 0 Å². The van der Waals surface area contributed by atoms with E-state index in [9.17, 15) is 4.79 Å². The van der Waals surface area contributed by atoms with Crippen LogP contribution in [0.3, 0.4) is 0 Å². The zero-order valence-corrected chi connectivity index (χ0v) is 3.14. The molecule has 0 saturated heterocycles. The van der Waals surface area contributed by atoms with Crippen LogP contribution in [-0.4, -0.2) is 14.1 Å². The fourth-order valence-electron chi connectivity index (χ4n) is 0.0786. The molecule has 0 saturated carbocycles. The predicted octanol–water partition coefficient (Wildman–Crippen LogP) is -0.668. The normalized spacial score (nSPS) is 8.80. The Kier molecular flexibility index (Phi) is 3.11. The van der Waals surface area contributed by atoms with Crippen LogP contribution >= 0.6 is 0 Å². The smallest absolute Gasteiger partial charge is 0.141 e. The lowest BCUT2D eigenvalue weighted by Crippen LogP contribution is -1.54. The van der Waals surface area contributed by atoms with Gasteiger partial charge in [0.15, 0.2) is 0 Å². The molecule has 0 spiro atoms. The largest absolute Gasteiger partial charge is 0.299 e. The average molecular weight is 67.9 g/mol. The summed E-state index contributed by atoms with van der Waals surface area (Å²) >= 11 is 0. The Balaban J connectivity index is 2.92. The highest BCUT2D eigenvalue weighted by Crippen LogP contribution is 1.48. The summed E-state index contributed by atoms with van der Waals surface area (Å²) in [4.78, 5) is 9.32. The van der Waals surface area contributed by atoms with E-state index in [1.165, 1.54) is 6.08 Å². The van der Waals surface area contributed by atoms with Crippen molar-refractivity contribution in [2.45, 2.75) is 0 Å². The molecule has 0 aliphatic heterocycles. The summed E-state index contributed by atoms with van der Waals surface area (Å²) in [6.07, 6.45) is 2.19. The molecule has 0 aromatic carbocycles. The van der Waals surface area contributed by atoms with Gasteiger partial charge in [0.05, 0.1) is 0 Å². The number of carbonyl (C=O) groups excluding carboxylic acids is 1. The van der Waals surface area contributed by atoms with Crippen molar-refractivity contribution in [2.24, 2.45) is 0 Å². The van der Waals surface area contributed by atoms with E-state index in [1.807, 2.05) is 0 Å². The van der Waals surface area contributed by atoms with E-state index in [1.54, 1.807) is 13.8 Å². The van der Waals surface area contributed by atoms with Crippen molar-refractivity contribution in [3.63, 3.8) is 0 Å². The Labute approximate surface area is 32.1 Å². The average Bonchev–Trinajstić information content (AvgIpc) is 1.41. The first kappa shape index (κ1) is 4.47. The molecule has 0 aliphatic rings. The van der Waals surface area contributed by atoms with Gasteiger partial charge in [0.25, 0.3) is 0 Å². The van der Waals surface area contributed by atoms with Crippen molar-refractivity contribution < 1.29 is 4.79 Å². The van der Waals surface area contributed by atoms with Crippen molar-refractivity contribution in [1.29, 1.82) is 0 Å². The van der Waals surface area contributed by atoms with Crippen LogP contribution in [0.15, 0.2) is 12.1 Å². The van der Waals surface area contributed by atoms with E-state index in [4.69, 9.17) is 0 Å². The fourth-order valence-corrected chi connectivity index (χ4v) is 0.0786. The molecule has 0 aliphatic carbocycles. The van der Waals surface area contributed by atoms with Crippen LogP contribution in [0, 0.1) is 0 Å². The minimum Gasteiger partial charge on any atom is -0.299 e. The maximum Gasteiger partial charge on any atom is 0.141 e. The highest BCUT2D eigenvalue weighted by molar-refractivity contribution is 6.18. The van der Waals surface area contributed by atoms with Crippen molar-refractivity contribution in [1.82, 2.24) is 0 Å². The van der Waals surface area contributed by atoms with Crippen molar-refractivity contribution >= 4 is 14.1 Å². The standard InChI is InChI=1S/C3H5BO/c4-2-1-3-5/h1-3H,4H2/b2-1+. The first-order valence-corrected chi connectivity index (χ1v) is 1.48. The molecule has 0 N–H and O–H groups in total. The van der Waals surface area contributed by atoms with E-state index >= 15 is 0 Å². The SMILES string of the molecule is B/C=C/C=O. The third-order valence-electron chi connectivity index (χ3n) is 0.271. The third-order valence-corrected chi connectivity index (χ3v) is 0.271. The van der Waals surface area contributed by atoms with Gasteiger partial charge in [-0.1, -0.05) is 0 Å². The molecule has 0 amide bonds. The Morgan fingerprint density at radius 2 is 2.20 bits per heavy atom.